The first-order chi connectivity index (χ1) is 9.42. The van der Waals surface area contributed by atoms with Gasteiger partial charge in [-0.05, 0) is 12.1 Å². The van der Waals surface area contributed by atoms with Crippen LogP contribution in [0.4, 0.5) is 5.69 Å². The number of hydrogen-bond acceptors (Lipinski definition) is 6. The van der Waals surface area contributed by atoms with Gasteiger partial charge in [-0.3, -0.25) is 4.79 Å². The predicted octanol–water partition coefficient (Wildman–Crippen LogP) is 0.506. The summed E-state index contributed by atoms with van der Waals surface area (Å²) >= 11 is 0.976. The second-order valence-electron chi connectivity index (χ2n) is 3.90. The molecule has 0 aliphatic rings. The van der Waals surface area contributed by atoms with Crippen LogP contribution in [0, 0.1) is 0 Å². The minimum Gasteiger partial charge on any atom is -0.495 e. The first-order valence-corrected chi connectivity index (χ1v) is 7.88. The molecule has 108 valence electrons. The quantitative estimate of drug-likeness (QED) is 0.695. The molecule has 2 aromatic rings. The van der Waals surface area contributed by atoms with Gasteiger partial charge in [-0.1, -0.05) is 11.3 Å². The summed E-state index contributed by atoms with van der Waals surface area (Å²) in [5, 5.41) is 1.56. The molecule has 1 aromatic carbocycles. The summed E-state index contributed by atoms with van der Waals surface area (Å²) in [5.41, 5.74) is 6.49. The zero-order chi connectivity index (χ0) is 14.8. The molecule has 4 N–H and O–H groups in total. The Bertz CT molecular complexity index is 764. The fourth-order valence-electron chi connectivity index (χ4n) is 1.52. The lowest BCUT2D eigenvalue weighted by Crippen LogP contribution is -2.23. The van der Waals surface area contributed by atoms with Crippen molar-refractivity contribution in [3.05, 3.63) is 38.9 Å². The number of H-pyrrole nitrogens is 1. The molecule has 20 heavy (non-hydrogen) atoms. The molecule has 2 rings (SSSR count). The molecule has 0 spiro atoms. The molecular weight excluding hydrogens is 302 g/mol. The maximum absolute atomic E-state index is 12.1. The number of nitrogens with two attached hydrogens (primary N) is 1. The molecule has 0 bridgehead atoms. The molecule has 1 heterocycles. The molecule has 0 unspecified atom stereocenters. The van der Waals surface area contributed by atoms with E-state index in [1.165, 1.54) is 25.3 Å². The van der Waals surface area contributed by atoms with E-state index in [9.17, 15) is 13.2 Å². The summed E-state index contributed by atoms with van der Waals surface area (Å²) in [6, 6.07) is 4.18. The number of nitrogen functional groups attached to an aromatic ring is 1. The van der Waals surface area contributed by atoms with Crippen molar-refractivity contribution in [2.75, 3.05) is 12.8 Å². The third-order valence-corrected chi connectivity index (χ3v) is 4.66. The van der Waals surface area contributed by atoms with Crippen molar-refractivity contribution in [3.8, 4) is 5.75 Å². The normalized spacial score (nSPS) is 11.4. The van der Waals surface area contributed by atoms with Gasteiger partial charge in [-0.2, -0.15) is 0 Å². The monoisotopic (exact) mass is 315 g/mol. The summed E-state index contributed by atoms with van der Waals surface area (Å²) in [5.74, 6) is 0.289. The third-order valence-electron chi connectivity index (χ3n) is 2.54. The van der Waals surface area contributed by atoms with E-state index in [0.29, 0.717) is 11.4 Å². The molecule has 1 aromatic heterocycles. The summed E-state index contributed by atoms with van der Waals surface area (Å²) in [7, 11) is -2.29. The number of ether oxygens (including phenoxy) is 1. The zero-order valence-corrected chi connectivity index (χ0v) is 12.2. The van der Waals surface area contributed by atoms with Crippen LogP contribution in [0.3, 0.4) is 0 Å². The number of hydrogen-bond donors (Lipinski definition) is 3. The van der Waals surface area contributed by atoms with Gasteiger partial charge in [-0.15, -0.1) is 0 Å². The van der Waals surface area contributed by atoms with Crippen molar-refractivity contribution in [1.82, 2.24) is 9.71 Å². The van der Waals surface area contributed by atoms with E-state index in [4.69, 9.17) is 10.5 Å². The lowest BCUT2D eigenvalue weighted by molar-refractivity contribution is 0.415. The number of anilines is 1. The first-order valence-electron chi connectivity index (χ1n) is 5.52. The third kappa shape index (κ3) is 3.18. The molecule has 0 radical (unpaired) electrons. The molecule has 9 heteroatoms. The second kappa shape index (κ2) is 5.65. The fourth-order valence-corrected chi connectivity index (χ4v) is 3.12. The lowest BCUT2D eigenvalue weighted by Gasteiger charge is -2.09. The number of aromatic amines is 1. The van der Waals surface area contributed by atoms with E-state index in [1.807, 2.05) is 0 Å². The number of benzene rings is 1. The molecule has 0 saturated carbocycles. The highest BCUT2D eigenvalue weighted by molar-refractivity contribution is 7.89. The number of thiazole rings is 1. The summed E-state index contributed by atoms with van der Waals surface area (Å²) in [4.78, 5) is 13.3. The fraction of sp³-hybridized carbons (Fsp3) is 0.182. The van der Waals surface area contributed by atoms with Crippen molar-refractivity contribution < 1.29 is 13.2 Å². The minimum absolute atomic E-state index is 0.00770. The van der Waals surface area contributed by atoms with Gasteiger partial charge in [0.1, 0.15) is 5.75 Å². The van der Waals surface area contributed by atoms with Crippen LogP contribution in [-0.2, 0) is 16.6 Å². The standard InChI is InChI=1S/C11H13N3O4S2/c1-18-10-4-8(2-3-9(10)12)20(16,17)13-5-7-6-19-11(15)14-7/h2-4,6,13H,5,12H2,1H3,(H,14,15). The average molecular weight is 315 g/mol. The van der Waals surface area contributed by atoms with Crippen molar-refractivity contribution in [2.24, 2.45) is 0 Å². The van der Waals surface area contributed by atoms with E-state index >= 15 is 0 Å². The van der Waals surface area contributed by atoms with Crippen LogP contribution < -0.4 is 20.1 Å². The van der Waals surface area contributed by atoms with Crippen LogP contribution in [0.1, 0.15) is 5.69 Å². The maximum Gasteiger partial charge on any atom is 0.304 e. The van der Waals surface area contributed by atoms with Gasteiger partial charge in [0.15, 0.2) is 0 Å². The van der Waals surface area contributed by atoms with Gasteiger partial charge in [0.05, 0.1) is 24.2 Å². The van der Waals surface area contributed by atoms with Gasteiger partial charge in [0, 0.05) is 17.1 Å². The lowest BCUT2D eigenvalue weighted by atomic mass is 10.3. The minimum atomic E-state index is -3.70. The second-order valence-corrected chi connectivity index (χ2v) is 6.51. The Morgan fingerprint density at radius 3 is 2.80 bits per heavy atom. The maximum atomic E-state index is 12.1. The predicted molar refractivity (Wildman–Crippen MR) is 76.4 cm³/mol. The van der Waals surface area contributed by atoms with Crippen molar-refractivity contribution in [3.63, 3.8) is 0 Å². The Hall–Kier alpha value is -1.84. The van der Waals surface area contributed by atoms with Crippen LogP contribution in [-0.4, -0.2) is 20.5 Å². The highest BCUT2D eigenvalue weighted by atomic mass is 32.2. The summed E-state index contributed by atoms with van der Waals surface area (Å²) in [6.45, 7) is 0.00770. The number of nitrogens with one attached hydrogen (secondary N) is 2. The molecule has 0 aliphatic carbocycles. The molecule has 0 fully saturated rings. The number of methoxy groups -OCH3 is 1. The molecule has 7 nitrogen and oxygen atoms in total. The summed E-state index contributed by atoms with van der Waals surface area (Å²) < 4.78 is 31.6. The molecule has 0 amide bonds. The number of sulfonamides is 1. The Labute approximate surface area is 119 Å². The largest absolute Gasteiger partial charge is 0.495 e. The zero-order valence-electron chi connectivity index (χ0n) is 10.5. The van der Waals surface area contributed by atoms with Gasteiger partial charge in [-0.25, -0.2) is 13.1 Å². The molecule has 0 aliphatic heterocycles. The van der Waals surface area contributed by atoms with Crippen molar-refractivity contribution in [2.45, 2.75) is 11.4 Å². The van der Waals surface area contributed by atoms with Crippen LogP contribution in [0.5, 0.6) is 5.75 Å². The number of aromatic nitrogens is 1. The smallest absolute Gasteiger partial charge is 0.304 e. The Kier molecular flexibility index (Phi) is 4.12. The van der Waals surface area contributed by atoms with Crippen LogP contribution >= 0.6 is 11.3 Å². The first kappa shape index (κ1) is 14.6. The topological polar surface area (TPSA) is 114 Å². The average Bonchev–Trinajstić information content (AvgIpc) is 2.83. The molecule has 0 saturated heterocycles. The van der Waals surface area contributed by atoms with Crippen LogP contribution in [0.25, 0.3) is 0 Å². The van der Waals surface area contributed by atoms with Crippen molar-refractivity contribution >= 4 is 27.0 Å². The van der Waals surface area contributed by atoms with Crippen molar-refractivity contribution in [1.29, 1.82) is 0 Å². The van der Waals surface area contributed by atoms with E-state index in [1.54, 1.807) is 5.38 Å². The van der Waals surface area contributed by atoms with E-state index in [0.717, 1.165) is 11.3 Å². The number of rotatable bonds is 5. The SMILES string of the molecule is COc1cc(S(=O)(=O)NCc2csc(=O)[nH]2)ccc1N. The van der Waals surface area contributed by atoms with Gasteiger partial charge >= 0.3 is 4.87 Å². The molecule has 0 atom stereocenters. The highest BCUT2D eigenvalue weighted by Crippen LogP contribution is 2.24. The Morgan fingerprint density at radius 2 is 2.20 bits per heavy atom. The van der Waals surface area contributed by atoms with E-state index in [2.05, 4.69) is 9.71 Å². The van der Waals surface area contributed by atoms with Crippen LogP contribution in [0.15, 0.2) is 33.3 Å². The Morgan fingerprint density at radius 1 is 1.45 bits per heavy atom. The van der Waals surface area contributed by atoms with E-state index in [-0.39, 0.29) is 22.1 Å². The van der Waals surface area contributed by atoms with Gasteiger partial charge in [0.25, 0.3) is 0 Å². The highest BCUT2D eigenvalue weighted by Gasteiger charge is 2.16. The Balaban J connectivity index is 2.19. The summed E-state index contributed by atoms with van der Waals surface area (Å²) in [6.07, 6.45) is 0. The van der Waals surface area contributed by atoms with Gasteiger partial charge in [0.2, 0.25) is 10.0 Å². The van der Waals surface area contributed by atoms with Crippen LogP contribution in [0.2, 0.25) is 0 Å². The van der Waals surface area contributed by atoms with Gasteiger partial charge < -0.3 is 15.5 Å². The molecular formula is C11H13N3O4S2. The van der Waals surface area contributed by atoms with E-state index < -0.39 is 10.0 Å².